The molecular weight excluding hydrogens is 452 g/mol. The van der Waals surface area contributed by atoms with Crippen molar-refractivity contribution in [2.24, 2.45) is 0 Å². The molecular formula is C28H32N6O2. The highest BCUT2D eigenvalue weighted by Crippen LogP contribution is 2.32. The predicted octanol–water partition coefficient (Wildman–Crippen LogP) is 4.52. The smallest absolute Gasteiger partial charge is 0.249 e. The summed E-state index contributed by atoms with van der Waals surface area (Å²) in [6.07, 6.45) is 4.01. The molecule has 1 unspecified atom stereocenters. The van der Waals surface area contributed by atoms with E-state index in [1.54, 1.807) is 34.1 Å². The highest BCUT2D eigenvalue weighted by molar-refractivity contribution is 6.02. The van der Waals surface area contributed by atoms with Crippen LogP contribution in [-0.4, -0.2) is 37.3 Å². The third-order valence-electron chi connectivity index (χ3n) is 6.46. The van der Waals surface area contributed by atoms with E-state index in [1.807, 2.05) is 77.1 Å². The molecule has 0 aliphatic heterocycles. The molecule has 36 heavy (non-hydrogen) atoms. The molecule has 4 rings (SSSR count). The first kappa shape index (κ1) is 25.0. The van der Waals surface area contributed by atoms with Crippen LogP contribution in [0.4, 0.5) is 5.69 Å². The molecule has 8 heteroatoms. The molecule has 1 N–H and O–H groups in total. The molecule has 186 valence electrons. The number of amides is 2. The minimum atomic E-state index is -0.900. The Labute approximate surface area is 211 Å². The number of benzene rings is 2. The molecule has 0 fully saturated rings. The third kappa shape index (κ3) is 5.27. The number of rotatable bonds is 8. The average Bonchev–Trinajstić information content (AvgIpc) is 3.26. The van der Waals surface area contributed by atoms with Crippen molar-refractivity contribution in [3.8, 4) is 0 Å². The predicted molar refractivity (Wildman–Crippen MR) is 140 cm³/mol. The van der Waals surface area contributed by atoms with E-state index >= 15 is 0 Å². The highest BCUT2D eigenvalue weighted by Gasteiger charge is 2.36. The fraction of sp³-hybridized carbons (Fsp3) is 0.321. The Bertz CT molecular complexity index is 1380. The first-order chi connectivity index (χ1) is 17.2. The highest BCUT2D eigenvalue weighted by atomic mass is 16.2. The Morgan fingerprint density at radius 2 is 1.78 bits per heavy atom. The van der Waals surface area contributed by atoms with Gasteiger partial charge in [0.2, 0.25) is 11.8 Å². The Hall–Kier alpha value is -4.07. The van der Waals surface area contributed by atoms with Crippen molar-refractivity contribution >= 4 is 28.5 Å². The van der Waals surface area contributed by atoms with Crippen LogP contribution >= 0.6 is 0 Å². The van der Waals surface area contributed by atoms with Gasteiger partial charge in [0.1, 0.15) is 18.1 Å². The maximum absolute atomic E-state index is 14.1. The minimum Gasteiger partial charge on any atom is -0.349 e. The van der Waals surface area contributed by atoms with Crippen molar-refractivity contribution in [2.45, 2.75) is 59.2 Å². The van der Waals surface area contributed by atoms with Gasteiger partial charge in [0.25, 0.3) is 0 Å². The first-order valence-electron chi connectivity index (χ1n) is 12.1. The maximum Gasteiger partial charge on any atom is 0.249 e. The maximum atomic E-state index is 14.1. The van der Waals surface area contributed by atoms with Gasteiger partial charge in [-0.1, -0.05) is 42.0 Å². The fourth-order valence-electron chi connectivity index (χ4n) is 4.19. The van der Waals surface area contributed by atoms with Crippen LogP contribution in [0, 0.1) is 13.8 Å². The largest absolute Gasteiger partial charge is 0.349 e. The lowest BCUT2D eigenvalue weighted by atomic mass is 9.98. The van der Waals surface area contributed by atoms with Crippen LogP contribution in [-0.2, 0) is 16.1 Å². The molecule has 1 atom stereocenters. The standard InChI is InChI=1S/C28H32N6O2/c1-6-28(4,5)30-27(36)26(21-13-15-29-16-14-21)34(23-12-11-19(2)17-20(23)3)25(35)18-33-24-10-8-7-9-22(24)31-32-33/h7-17,26H,6,18H2,1-5H3,(H,30,36). The second-order valence-corrected chi connectivity index (χ2v) is 9.70. The number of pyridine rings is 1. The van der Waals surface area contributed by atoms with Crippen LogP contribution in [0.5, 0.6) is 0 Å². The van der Waals surface area contributed by atoms with Crippen molar-refractivity contribution in [1.82, 2.24) is 25.3 Å². The minimum absolute atomic E-state index is 0.0696. The van der Waals surface area contributed by atoms with E-state index in [0.717, 1.165) is 23.1 Å². The van der Waals surface area contributed by atoms with Crippen molar-refractivity contribution in [3.05, 3.63) is 83.7 Å². The van der Waals surface area contributed by atoms with Gasteiger partial charge in [0.05, 0.1) is 5.52 Å². The number of nitrogens with zero attached hydrogens (tertiary/aromatic N) is 5. The second kappa shape index (κ2) is 10.3. The summed E-state index contributed by atoms with van der Waals surface area (Å²) in [5, 5.41) is 11.5. The number of carbonyl (C=O) groups is 2. The third-order valence-corrected chi connectivity index (χ3v) is 6.46. The fourth-order valence-corrected chi connectivity index (χ4v) is 4.19. The zero-order valence-electron chi connectivity index (χ0n) is 21.4. The van der Waals surface area contributed by atoms with Gasteiger partial charge in [-0.25, -0.2) is 4.68 Å². The molecule has 0 saturated carbocycles. The number of para-hydroxylation sites is 1. The number of fused-ring (bicyclic) bond motifs is 1. The number of aryl methyl sites for hydroxylation is 2. The summed E-state index contributed by atoms with van der Waals surface area (Å²) in [7, 11) is 0. The SMILES string of the molecule is CCC(C)(C)NC(=O)C(c1ccncc1)N(C(=O)Cn1nnc2ccccc21)c1ccc(C)cc1C. The van der Waals surface area contributed by atoms with E-state index in [9.17, 15) is 9.59 Å². The van der Waals surface area contributed by atoms with Crippen molar-refractivity contribution in [3.63, 3.8) is 0 Å². The van der Waals surface area contributed by atoms with Crippen LogP contribution in [0.3, 0.4) is 0 Å². The average molecular weight is 485 g/mol. The van der Waals surface area contributed by atoms with Crippen molar-refractivity contribution in [1.29, 1.82) is 0 Å². The van der Waals surface area contributed by atoms with E-state index in [-0.39, 0.29) is 18.4 Å². The van der Waals surface area contributed by atoms with Crippen LogP contribution in [0.1, 0.15) is 49.9 Å². The van der Waals surface area contributed by atoms with Gasteiger partial charge in [-0.2, -0.15) is 0 Å². The lowest BCUT2D eigenvalue weighted by Gasteiger charge is -2.35. The molecule has 0 bridgehead atoms. The number of aromatic nitrogens is 4. The summed E-state index contributed by atoms with van der Waals surface area (Å²) in [6, 6.07) is 16.0. The van der Waals surface area contributed by atoms with E-state index in [2.05, 4.69) is 20.6 Å². The van der Waals surface area contributed by atoms with Crippen molar-refractivity contribution < 1.29 is 9.59 Å². The molecule has 2 aromatic heterocycles. The van der Waals surface area contributed by atoms with Crippen LogP contribution in [0.25, 0.3) is 11.0 Å². The number of hydrogen-bond donors (Lipinski definition) is 1. The number of anilines is 1. The Kier molecular flexibility index (Phi) is 7.15. The molecule has 0 radical (unpaired) electrons. The second-order valence-electron chi connectivity index (χ2n) is 9.70. The van der Waals surface area contributed by atoms with Gasteiger partial charge in [-0.15, -0.1) is 5.10 Å². The molecule has 2 aromatic carbocycles. The van der Waals surface area contributed by atoms with Gasteiger partial charge < -0.3 is 5.32 Å². The van der Waals surface area contributed by atoms with E-state index in [1.165, 1.54) is 0 Å². The molecule has 0 spiro atoms. The van der Waals surface area contributed by atoms with E-state index < -0.39 is 11.6 Å². The van der Waals surface area contributed by atoms with Gasteiger partial charge >= 0.3 is 0 Å². The summed E-state index contributed by atoms with van der Waals surface area (Å²) < 4.78 is 1.58. The first-order valence-corrected chi connectivity index (χ1v) is 12.1. The van der Waals surface area contributed by atoms with Crippen LogP contribution in [0.2, 0.25) is 0 Å². The summed E-state index contributed by atoms with van der Waals surface area (Å²) >= 11 is 0. The zero-order valence-corrected chi connectivity index (χ0v) is 21.4. The molecule has 8 nitrogen and oxygen atoms in total. The number of carbonyl (C=O) groups excluding carboxylic acids is 2. The van der Waals surface area contributed by atoms with Gasteiger partial charge in [-0.05, 0) is 75.6 Å². The lowest BCUT2D eigenvalue weighted by molar-refractivity contribution is -0.128. The molecule has 4 aromatic rings. The lowest BCUT2D eigenvalue weighted by Crippen LogP contribution is -2.51. The normalized spacial score (nSPS) is 12.4. The monoisotopic (exact) mass is 484 g/mol. The van der Waals surface area contributed by atoms with Gasteiger partial charge in [0, 0.05) is 23.6 Å². The molecule has 0 aliphatic rings. The zero-order chi connectivity index (χ0) is 25.9. The topological polar surface area (TPSA) is 93.0 Å². The van der Waals surface area contributed by atoms with Gasteiger partial charge in [0.15, 0.2) is 0 Å². The van der Waals surface area contributed by atoms with Crippen LogP contribution in [0.15, 0.2) is 67.0 Å². The molecule has 0 saturated heterocycles. The summed E-state index contributed by atoms with van der Waals surface area (Å²) in [4.78, 5) is 33.7. The summed E-state index contributed by atoms with van der Waals surface area (Å²) in [5.41, 5.74) is 4.32. The quantitative estimate of drug-likeness (QED) is 0.397. The Balaban J connectivity index is 1.84. The Morgan fingerprint density at radius 3 is 2.47 bits per heavy atom. The molecule has 2 heterocycles. The van der Waals surface area contributed by atoms with E-state index in [4.69, 9.17) is 0 Å². The Morgan fingerprint density at radius 1 is 1.06 bits per heavy atom. The van der Waals surface area contributed by atoms with Crippen molar-refractivity contribution in [2.75, 3.05) is 4.90 Å². The molecule has 2 amide bonds. The molecule has 0 aliphatic carbocycles. The van der Waals surface area contributed by atoms with Gasteiger partial charge in [-0.3, -0.25) is 19.5 Å². The summed E-state index contributed by atoms with van der Waals surface area (Å²) in [6.45, 7) is 9.84. The number of nitrogens with one attached hydrogen (secondary N) is 1. The van der Waals surface area contributed by atoms with E-state index in [0.29, 0.717) is 16.8 Å². The summed E-state index contributed by atoms with van der Waals surface area (Å²) in [5.74, 6) is -0.534. The van der Waals surface area contributed by atoms with Crippen LogP contribution < -0.4 is 10.2 Å². The number of hydrogen-bond acceptors (Lipinski definition) is 5.